The van der Waals surface area contributed by atoms with Crippen LogP contribution in [0.5, 0.6) is 0 Å². The molecule has 1 fully saturated rings. The summed E-state index contributed by atoms with van der Waals surface area (Å²) in [6.07, 6.45) is 1.50. The fourth-order valence-corrected chi connectivity index (χ4v) is 2.76. The molecule has 1 amide bonds. The summed E-state index contributed by atoms with van der Waals surface area (Å²) in [6, 6.07) is 7.96. The summed E-state index contributed by atoms with van der Waals surface area (Å²) in [7, 11) is 0. The highest BCUT2D eigenvalue weighted by atomic mass is 35.5. The summed E-state index contributed by atoms with van der Waals surface area (Å²) in [6.45, 7) is 8.44. The van der Waals surface area contributed by atoms with Crippen LogP contribution in [0.2, 0.25) is 5.02 Å². The zero-order valence-corrected chi connectivity index (χ0v) is 14.1. The first-order chi connectivity index (χ1) is 10.6. The summed E-state index contributed by atoms with van der Waals surface area (Å²) >= 11 is 6.06. The molecule has 0 radical (unpaired) electrons. The quantitative estimate of drug-likeness (QED) is 0.816. The number of halogens is 1. The lowest BCUT2D eigenvalue weighted by Gasteiger charge is -2.41. The largest absolute Gasteiger partial charge is 0.369 e. The number of benzene rings is 1. The smallest absolute Gasteiger partial charge is 0.235 e. The van der Waals surface area contributed by atoms with Crippen molar-refractivity contribution in [1.29, 1.82) is 0 Å². The molecule has 0 aliphatic carbocycles. The predicted molar refractivity (Wildman–Crippen MR) is 90.7 cm³/mol. The molecule has 0 spiro atoms. The lowest BCUT2D eigenvalue weighted by molar-refractivity contribution is -0.139. The third-order valence-electron chi connectivity index (χ3n) is 3.78. The summed E-state index contributed by atoms with van der Waals surface area (Å²) in [5.41, 5.74) is 4.14. The van der Waals surface area contributed by atoms with E-state index in [1.165, 1.54) is 0 Å². The van der Waals surface area contributed by atoms with Crippen molar-refractivity contribution in [2.75, 3.05) is 37.6 Å². The molecule has 2 rings (SSSR count). The van der Waals surface area contributed by atoms with Gasteiger partial charge in [0, 0.05) is 49.9 Å². The molecule has 1 saturated heterocycles. The van der Waals surface area contributed by atoms with E-state index in [-0.39, 0.29) is 5.91 Å². The van der Waals surface area contributed by atoms with Crippen molar-refractivity contribution < 1.29 is 4.79 Å². The Balaban J connectivity index is 1.93. The molecule has 5 nitrogen and oxygen atoms in total. The number of piperazine rings is 1. The van der Waals surface area contributed by atoms with Crippen molar-refractivity contribution in [3.63, 3.8) is 0 Å². The van der Waals surface area contributed by atoms with Crippen LogP contribution >= 0.6 is 11.6 Å². The molecule has 1 aromatic carbocycles. The van der Waals surface area contributed by atoms with Gasteiger partial charge >= 0.3 is 0 Å². The number of nitrogens with zero attached hydrogens (tertiary/aromatic N) is 3. The minimum absolute atomic E-state index is 0.0609. The van der Waals surface area contributed by atoms with Crippen LogP contribution in [0.4, 0.5) is 5.69 Å². The summed E-state index contributed by atoms with van der Waals surface area (Å²) in [5.74, 6) is 0.0609. The lowest BCUT2D eigenvalue weighted by Crippen LogP contribution is -2.59. The van der Waals surface area contributed by atoms with Gasteiger partial charge in [-0.25, -0.2) is 5.01 Å². The third kappa shape index (κ3) is 4.60. The second-order valence-electron chi connectivity index (χ2n) is 5.43. The van der Waals surface area contributed by atoms with E-state index in [4.69, 9.17) is 11.6 Å². The first kappa shape index (κ1) is 17.1. The molecule has 6 heteroatoms. The van der Waals surface area contributed by atoms with Gasteiger partial charge in [-0.2, -0.15) is 5.12 Å². The Labute approximate surface area is 137 Å². The molecular formula is C16H25ClN4O. The van der Waals surface area contributed by atoms with Crippen LogP contribution in [-0.4, -0.2) is 48.8 Å². The van der Waals surface area contributed by atoms with E-state index in [0.29, 0.717) is 6.42 Å². The average molecular weight is 325 g/mol. The van der Waals surface area contributed by atoms with Crippen LogP contribution in [0.15, 0.2) is 24.3 Å². The standard InChI is InChI=1S/C16H25ClN4O/c1-3-8-21(18-16(22)4-2)20-11-9-19(10-12-20)15-7-5-6-14(17)13-15/h5-7,13H,3-4,8-12H2,1-2H3,(H,18,22). The van der Waals surface area contributed by atoms with E-state index < -0.39 is 0 Å². The van der Waals surface area contributed by atoms with Crippen LogP contribution in [0, 0.1) is 0 Å². The topological polar surface area (TPSA) is 38.8 Å². The van der Waals surface area contributed by atoms with Gasteiger partial charge in [0.1, 0.15) is 0 Å². The van der Waals surface area contributed by atoms with Gasteiger partial charge in [0.15, 0.2) is 0 Å². The van der Waals surface area contributed by atoms with Gasteiger partial charge in [-0.15, -0.1) is 0 Å². The fraction of sp³-hybridized carbons (Fsp3) is 0.562. The SMILES string of the molecule is CCCN(NC(=O)CC)N1CCN(c2cccc(Cl)c2)CC1. The molecule has 122 valence electrons. The average Bonchev–Trinajstić information content (AvgIpc) is 2.54. The monoisotopic (exact) mass is 324 g/mol. The van der Waals surface area contributed by atoms with Gasteiger partial charge in [-0.3, -0.25) is 10.2 Å². The number of anilines is 1. The van der Waals surface area contributed by atoms with E-state index in [1.807, 2.05) is 30.2 Å². The van der Waals surface area contributed by atoms with Crippen LogP contribution in [0.3, 0.4) is 0 Å². The zero-order chi connectivity index (χ0) is 15.9. The number of hydrazine groups is 2. The van der Waals surface area contributed by atoms with Crippen molar-refractivity contribution in [3.05, 3.63) is 29.3 Å². The third-order valence-corrected chi connectivity index (χ3v) is 4.02. The second kappa shape index (κ2) is 8.36. The Morgan fingerprint density at radius 1 is 1.27 bits per heavy atom. The van der Waals surface area contributed by atoms with Crippen LogP contribution in [-0.2, 0) is 4.79 Å². The highest BCUT2D eigenvalue weighted by Crippen LogP contribution is 2.21. The maximum atomic E-state index is 11.7. The van der Waals surface area contributed by atoms with Crippen molar-refractivity contribution >= 4 is 23.2 Å². The number of nitrogens with one attached hydrogen (secondary N) is 1. The van der Waals surface area contributed by atoms with E-state index in [1.54, 1.807) is 0 Å². The predicted octanol–water partition coefficient (Wildman–Crippen LogP) is 2.53. The summed E-state index contributed by atoms with van der Waals surface area (Å²) in [4.78, 5) is 14.0. The van der Waals surface area contributed by atoms with E-state index in [0.717, 1.165) is 49.9 Å². The number of hydrogen-bond donors (Lipinski definition) is 1. The minimum atomic E-state index is 0.0609. The fourth-order valence-electron chi connectivity index (χ4n) is 2.57. The molecular weight excluding hydrogens is 300 g/mol. The first-order valence-corrected chi connectivity index (χ1v) is 8.34. The Morgan fingerprint density at radius 2 is 2.00 bits per heavy atom. The highest BCUT2D eigenvalue weighted by molar-refractivity contribution is 6.30. The van der Waals surface area contributed by atoms with Gasteiger partial charge in [-0.05, 0) is 24.6 Å². The molecule has 0 aromatic heterocycles. The molecule has 22 heavy (non-hydrogen) atoms. The Hall–Kier alpha value is -1.30. The van der Waals surface area contributed by atoms with E-state index in [2.05, 4.69) is 28.3 Å². The molecule has 0 saturated carbocycles. The van der Waals surface area contributed by atoms with Gasteiger partial charge in [0.05, 0.1) is 0 Å². The molecule has 0 bridgehead atoms. The summed E-state index contributed by atoms with van der Waals surface area (Å²) < 4.78 is 0. The van der Waals surface area contributed by atoms with E-state index >= 15 is 0 Å². The van der Waals surface area contributed by atoms with Crippen molar-refractivity contribution in [2.24, 2.45) is 0 Å². The first-order valence-electron chi connectivity index (χ1n) is 7.96. The Morgan fingerprint density at radius 3 is 2.59 bits per heavy atom. The molecule has 1 N–H and O–H groups in total. The molecule has 1 aromatic rings. The van der Waals surface area contributed by atoms with Crippen molar-refractivity contribution in [2.45, 2.75) is 26.7 Å². The minimum Gasteiger partial charge on any atom is -0.369 e. The van der Waals surface area contributed by atoms with Crippen molar-refractivity contribution in [3.8, 4) is 0 Å². The Kier molecular flexibility index (Phi) is 6.49. The van der Waals surface area contributed by atoms with Crippen LogP contribution in [0.25, 0.3) is 0 Å². The molecule has 0 atom stereocenters. The number of rotatable bonds is 6. The van der Waals surface area contributed by atoms with Gasteiger partial charge < -0.3 is 4.90 Å². The molecule has 0 unspecified atom stereocenters. The van der Waals surface area contributed by atoms with Gasteiger partial charge in [-0.1, -0.05) is 31.5 Å². The molecule has 1 heterocycles. The normalized spacial score (nSPS) is 16.1. The van der Waals surface area contributed by atoms with E-state index in [9.17, 15) is 4.79 Å². The molecule has 1 aliphatic rings. The highest BCUT2D eigenvalue weighted by Gasteiger charge is 2.22. The number of amides is 1. The van der Waals surface area contributed by atoms with Gasteiger partial charge in [0.25, 0.3) is 0 Å². The summed E-state index contributed by atoms with van der Waals surface area (Å²) in [5, 5.41) is 4.96. The molecule has 1 aliphatic heterocycles. The second-order valence-corrected chi connectivity index (χ2v) is 5.87. The van der Waals surface area contributed by atoms with Crippen LogP contribution in [0.1, 0.15) is 26.7 Å². The number of hydrogen-bond acceptors (Lipinski definition) is 4. The maximum absolute atomic E-state index is 11.7. The lowest BCUT2D eigenvalue weighted by atomic mass is 10.2. The van der Waals surface area contributed by atoms with Gasteiger partial charge in [0.2, 0.25) is 5.91 Å². The number of carbonyl (C=O) groups is 1. The van der Waals surface area contributed by atoms with Crippen molar-refractivity contribution in [1.82, 2.24) is 15.6 Å². The number of carbonyl (C=O) groups excluding carboxylic acids is 1. The maximum Gasteiger partial charge on any atom is 0.235 e. The Bertz CT molecular complexity index is 489. The zero-order valence-electron chi connectivity index (χ0n) is 13.4. The van der Waals surface area contributed by atoms with Crippen LogP contribution < -0.4 is 10.3 Å².